The van der Waals surface area contributed by atoms with Crippen LogP contribution in [0.1, 0.15) is 23.3 Å². The monoisotopic (exact) mass is 335 g/mol. The number of carbonyl (C=O) groups excluding carboxylic acids is 1. The largest absolute Gasteiger partial charge is 0.371 e. The highest BCUT2D eigenvalue weighted by Gasteiger charge is 2.23. The first-order chi connectivity index (χ1) is 12.2. The number of nitrogens with zero attached hydrogens (tertiary/aromatic N) is 4. The molecule has 0 radical (unpaired) electrons. The summed E-state index contributed by atoms with van der Waals surface area (Å²) in [7, 11) is 1.81. The lowest BCUT2D eigenvalue weighted by Gasteiger charge is -2.34. The number of carbonyl (C=O) groups is 1. The Bertz CT molecular complexity index is 890. The van der Waals surface area contributed by atoms with E-state index in [1.165, 1.54) is 11.1 Å². The Kier molecular flexibility index (Phi) is 4.09. The summed E-state index contributed by atoms with van der Waals surface area (Å²) in [4.78, 5) is 19.1. The molecule has 0 atom stereocenters. The lowest BCUT2D eigenvalue weighted by molar-refractivity contribution is 0.0925. The second kappa shape index (κ2) is 6.55. The van der Waals surface area contributed by atoms with Gasteiger partial charge in [0.25, 0.3) is 5.91 Å². The van der Waals surface area contributed by atoms with Crippen molar-refractivity contribution in [2.45, 2.75) is 18.9 Å². The Morgan fingerprint density at radius 2 is 1.96 bits per heavy atom. The van der Waals surface area contributed by atoms with Crippen LogP contribution < -0.4 is 10.2 Å². The van der Waals surface area contributed by atoms with Gasteiger partial charge in [0, 0.05) is 49.6 Å². The van der Waals surface area contributed by atoms with E-state index >= 15 is 0 Å². The van der Waals surface area contributed by atoms with Crippen molar-refractivity contribution in [3.8, 4) is 0 Å². The Balaban J connectivity index is 1.42. The minimum atomic E-state index is -0.0894. The molecular formula is C19H21N5O. The number of benzene rings is 1. The second-order valence-corrected chi connectivity index (χ2v) is 6.46. The van der Waals surface area contributed by atoms with Crippen LogP contribution in [0.15, 0.2) is 48.8 Å². The van der Waals surface area contributed by atoms with Gasteiger partial charge in [-0.1, -0.05) is 18.2 Å². The Morgan fingerprint density at radius 1 is 1.16 bits per heavy atom. The molecule has 1 fully saturated rings. The van der Waals surface area contributed by atoms with E-state index in [2.05, 4.69) is 32.4 Å². The molecule has 0 bridgehead atoms. The standard InChI is InChI=1S/C19H21N5O/c1-23-11-9-17(22-23)19(25)21-14-7-12-24(13-8-14)18-6-10-20-16-5-3-2-4-15(16)18/h2-6,9-11,14H,7-8,12-13H2,1H3,(H,21,25). The van der Waals surface area contributed by atoms with Crippen molar-refractivity contribution in [2.24, 2.45) is 7.05 Å². The van der Waals surface area contributed by atoms with Crippen molar-refractivity contribution in [2.75, 3.05) is 18.0 Å². The van der Waals surface area contributed by atoms with Crippen LogP contribution in [0, 0.1) is 0 Å². The normalized spacial score (nSPS) is 15.5. The van der Waals surface area contributed by atoms with Gasteiger partial charge < -0.3 is 10.2 Å². The SMILES string of the molecule is Cn1ccc(C(=O)NC2CCN(c3ccnc4ccccc34)CC2)n1. The first kappa shape index (κ1) is 15.6. The van der Waals surface area contributed by atoms with E-state index in [0.29, 0.717) is 5.69 Å². The quantitative estimate of drug-likeness (QED) is 0.798. The van der Waals surface area contributed by atoms with Crippen molar-refractivity contribution in [3.63, 3.8) is 0 Å². The average Bonchev–Trinajstić information content (AvgIpc) is 3.08. The number of anilines is 1. The molecule has 1 aliphatic heterocycles. The van der Waals surface area contributed by atoms with Crippen LogP contribution in [0.2, 0.25) is 0 Å². The molecule has 1 aromatic carbocycles. The molecule has 4 rings (SSSR count). The number of hydrogen-bond donors (Lipinski definition) is 1. The molecular weight excluding hydrogens is 314 g/mol. The highest BCUT2D eigenvalue weighted by molar-refractivity contribution is 5.92. The zero-order valence-corrected chi connectivity index (χ0v) is 14.2. The molecule has 25 heavy (non-hydrogen) atoms. The van der Waals surface area contributed by atoms with Crippen LogP contribution in [0.4, 0.5) is 5.69 Å². The number of aryl methyl sites for hydroxylation is 1. The number of piperidine rings is 1. The summed E-state index contributed by atoms with van der Waals surface area (Å²) in [6, 6.07) is 12.2. The third-order valence-electron chi connectivity index (χ3n) is 4.74. The summed E-state index contributed by atoms with van der Waals surface area (Å²) in [6.45, 7) is 1.84. The number of aromatic nitrogens is 3. The fourth-order valence-electron chi connectivity index (χ4n) is 3.42. The Labute approximate surface area is 146 Å². The van der Waals surface area contributed by atoms with Crippen molar-refractivity contribution in [1.29, 1.82) is 0 Å². The molecule has 6 nitrogen and oxygen atoms in total. The van der Waals surface area contributed by atoms with Gasteiger partial charge in [0.1, 0.15) is 5.69 Å². The van der Waals surface area contributed by atoms with E-state index in [0.717, 1.165) is 31.4 Å². The van der Waals surface area contributed by atoms with Crippen molar-refractivity contribution in [1.82, 2.24) is 20.1 Å². The van der Waals surface area contributed by atoms with Crippen LogP contribution in [0.25, 0.3) is 10.9 Å². The maximum atomic E-state index is 12.2. The zero-order valence-electron chi connectivity index (χ0n) is 14.2. The summed E-state index contributed by atoms with van der Waals surface area (Å²) in [5.41, 5.74) is 2.72. The van der Waals surface area contributed by atoms with Gasteiger partial charge in [-0.2, -0.15) is 5.10 Å². The van der Waals surface area contributed by atoms with Crippen LogP contribution in [0.3, 0.4) is 0 Å². The number of para-hydroxylation sites is 1. The molecule has 3 aromatic rings. The lowest BCUT2D eigenvalue weighted by Crippen LogP contribution is -2.44. The molecule has 0 saturated carbocycles. The van der Waals surface area contributed by atoms with Gasteiger partial charge >= 0.3 is 0 Å². The molecule has 1 aliphatic rings. The summed E-state index contributed by atoms with van der Waals surface area (Å²) >= 11 is 0. The molecule has 1 N–H and O–H groups in total. The van der Waals surface area contributed by atoms with Crippen molar-refractivity contribution in [3.05, 3.63) is 54.5 Å². The van der Waals surface area contributed by atoms with Gasteiger partial charge in [0.2, 0.25) is 0 Å². The van der Waals surface area contributed by atoms with Gasteiger partial charge in [0.05, 0.1) is 5.52 Å². The summed E-state index contributed by atoms with van der Waals surface area (Å²) in [6.07, 6.45) is 5.50. The number of fused-ring (bicyclic) bond motifs is 1. The molecule has 2 aromatic heterocycles. The maximum absolute atomic E-state index is 12.2. The van der Waals surface area contributed by atoms with Gasteiger partial charge in [-0.25, -0.2) is 0 Å². The van der Waals surface area contributed by atoms with Crippen LogP contribution in [-0.2, 0) is 7.05 Å². The minimum Gasteiger partial charge on any atom is -0.371 e. The third-order valence-corrected chi connectivity index (χ3v) is 4.74. The zero-order chi connectivity index (χ0) is 17.2. The average molecular weight is 335 g/mol. The molecule has 6 heteroatoms. The highest BCUT2D eigenvalue weighted by Crippen LogP contribution is 2.27. The Morgan fingerprint density at radius 3 is 2.72 bits per heavy atom. The number of nitrogens with one attached hydrogen (secondary N) is 1. The summed E-state index contributed by atoms with van der Waals surface area (Å²) in [5.74, 6) is -0.0894. The fraction of sp³-hybridized carbons (Fsp3) is 0.316. The lowest BCUT2D eigenvalue weighted by atomic mass is 10.0. The molecule has 3 heterocycles. The molecule has 128 valence electrons. The number of rotatable bonds is 3. The molecule has 0 spiro atoms. The molecule has 0 unspecified atom stereocenters. The maximum Gasteiger partial charge on any atom is 0.271 e. The summed E-state index contributed by atoms with van der Waals surface area (Å²) in [5, 5.41) is 8.45. The Hall–Kier alpha value is -2.89. The number of amides is 1. The van der Waals surface area contributed by atoms with E-state index in [9.17, 15) is 4.79 Å². The van der Waals surface area contributed by atoms with Crippen molar-refractivity contribution >= 4 is 22.5 Å². The first-order valence-electron chi connectivity index (χ1n) is 8.60. The van der Waals surface area contributed by atoms with Gasteiger partial charge in [-0.05, 0) is 31.0 Å². The number of hydrogen-bond acceptors (Lipinski definition) is 4. The molecule has 0 aliphatic carbocycles. The second-order valence-electron chi connectivity index (χ2n) is 6.46. The first-order valence-corrected chi connectivity index (χ1v) is 8.60. The summed E-state index contributed by atoms with van der Waals surface area (Å²) < 4.78 is 1.64. The van der Waals surface area contributed by atoms with Crippen LogP contribution in [0.5, 0.6) is 0 Å². The predicted octanol–water partition coefficient (Wildman–Crippen LogP) is 2.37. The van der Waals surface area contributed by atoms with Crippen LogP contribution >= 0.6 is 0 Å². The van der Waals surface area contributed by atoms with E-state index in [-0.39, 0.29) is 11.9 Å². The third kappa shape index (κ3) is 3.20. The van der Waals surface area contributed by atoms with Crippen LogP contribution in [-0.4, -0.2) is 39.8 Å². The topological polar surface area (TPSA) is 63.1 Å². The van der Waals surface area contributed by atoms with E-state index < -0.39 is 0 Å². The van der Waals surface area contributed by atoms with E-state index in [1.807, 2.05) is 31.4 Å². The van der Waals surface area contributed by atoms with Gasteiger partial charge in [-0.3, -0.25) is 14.5 Å². The van der Waals surface area contributed by atoms with Gasteiger partial charge in [0.15, 0.2) is 0 Å². The number of pyridine rings is 1. The highest BCUT2D eigenvalue weighted by atomic mass is 16.2. The smallest absolute Gasteiger partial charge is 0.271 e. The van der Waals surface area contributed by atoms with E-state index in [1.54, 1.807) is 16.9 Å². The molecule has 1 amide bonds. The predicted molar refractivity (Wildman–Crippen MR) is 97.7 cm³/mol. The fourth-order valence-corrected chi connectivity index (χ4v) is 3.42. The molecule has 1 saturated heterocycles. The van der Waals surface area contributed by atoms with Crippen molar-refractivity contribution < 1.29 is 4.79 Å². The minimum absolute atomic E-state index is 0.0894. The van der Waals surface area contributed by atoms with E-state index in [4.69, 9.17) is 0 Å². The van der Waals surface area contributed by atoms with Gasteiger partial charge in [-0.15, -0.1) is 0 Å².